The summed E-state index contributed by atoms with van der Waals surface area (Å²) < 4.78 is 13.6. The number of hydrogen-bond acceptors (Lipinski definition) is 6. The van der Waals surface area contributed by atoms with Crippen LogP contribution < -0.4 is 5.32 Å². The summed E-state index contributed by atoms with van der Waals surface area (Å²) in [6, 6.07) is -0.255. The van der Waals surface area contributed by atoms with Crippen molar-refractivity contribution >= 4 is 17.4 Å². The Morgan fingerprint density at radius 3 is 2.67 bits per heavy atom. The van der Waals surface area contributed by atoms with E-state index in [0.29, 0.717) is 5.69 Å². The Balaban J connectivity index is 2.51. The molecule has 0 fully saturated rings. The first-order chi connectivity index (χ1) is 7.19. The molecule has 7 heteroatoms. The van der Waals surface area contributed by atoms with Crippen LogP contribution in [0.4, 0.5) is 0 Å². The first-order valence-electron chi connectivity index (χ1n) is 4.32. The maximum Gasteiger partial charge on any atom is 0.273 e. The molecular weight excluding hydrogens is 218 g/mol. The zero-order valence-corrected chi connectivity index (χ0v) is 9.58. The fourth-order valence-electron chi connectivity index (χ4n) is 1.12. The molecule has 84 valence electrons. The van der Waals surface area contributed by atoms with Crippen LogP contribution in [0.15, 0.2) is 5.38 Å². The average molecular weight is 231 g/mol. The lowest BCUT2D eigenvalue weighted by Crippen LogP contribution is -2.43. The molecule has 1 unspecified atom stereocenters. The van der Waals surface area contributed by atoms with Crippen LogP contribution in [0, 0.1) is 0 Å². The molecule has 0 bridgehead atoms. The average Bonchev–Trinajstić information content (AvgIpc) is 2.72. The lowest BCUT2D eigenvalue weighted by molar-refractivity contribution is -0.117. The van der Waals surface area contributed by atoms with Crippen LogP contribution in [0.3, 0.4) is 0 Å². The minimum absolute atomic E-state index is 0.255. The van der Waals surface area contributed by atoms with Crippen molar-refractivity contribution in [3.63, 3.8) is 0 Å². The van der Waals surface area contributed by atoms with Gasteiger partial charge in [0.1, 0.15) is 0 Å². The standard InChI is InChI=1S/C8H13N3O3S/c1-5(8(13-2)14-3)9-7(12)6-4-15-11-10-6/h4-5,8H,1-3H3,(H,9,12). The summed E-state index contributed by atoms with van der Waals surface area (Å²) in [6.45, 7) is 1.79. The third-order valence-corrected chi connectivity index (χ3v) is 2.33. The molecule has 0 saturated heterocycles. The number of nitrogens with one attached hydrogen (secondary N) is 1. The molecule has 1 atom stereocenters. The lowest BCUT2D eigenvalue weighted by atomic mass is 10.3. The Bertz CT molecular complexity index is 300. The van der Waals surface area contributed by atoms with Gasteiger partial charge in [-0.3, -0.25) is 4.79 Å². The Morgan fingerprint density at radius 2 is 2.20 bits per heavy atom. The van der Waals surface area contributed by atoms with Crippen LogP contribution in [-0.2, 0) is 9.47 Å². The second kappa shape index (κ2) is 5.74. The molecule has 0 saturated carbocycles. The molecule has 1 aromatic rings. The van der Waals surface area contributed by atoms with Gasteiger partial charge in [0, 0.05) is 19.6 Å². The maximum absolute atomic E-state index is 11.5. The number of amides is 1. The van der Waals surface area contributed by atoms with Gasteiger partial charge in [-0.1, -0.05) is 4.49 Å². The summed E-state index contributed by atoms with van der Waals surface area (Å²) in [4.78, 5) is 11.5. The van der Waals surface area contributed by atoms with E-state index in [1.807, 2.05) is 0 Å². The predicted octanol–water partition coefficient (Wildman–Crippen LogP) is 0.275. The van der Waals surface area contributed by atoms with Gasteiger partial charge < -0.3 is 14.8 Å². The lowest BCUT2D eigenvalue weighted by Gasteiger charge is -2.21. The second-order valence-electron chi connectivity index (χ2n) is 2.89. The number of nitrogens with zero attached hydrogens (tertiary/aromatic N) is 2. The summed E-state index contributed by atoms with van der Waals surface area (Å²) in [7, 11) is 3.03. The summed E-state index contributed by atoms with van der Waals surface area (Å²) in [5, 5.41) is 7.93. The first-order valence-corrected chi connectivity index (χ1v) is 5.16. The smallest absolute Gasteiger partial charge is 0.273 e. The molecule has 6 nitrogen and oxygen atoms in total. The third-order valence-electron chi connectivity index (χ3n) is 1.82. The molecule has 1 rings (SSSR count). The van der Waals surface area contributed by atoms with Crippen LogP contribution >= 0.6 is 11.5 Å². The van der Waals surface area contributed by atoms with E-state index < -0.39 is 6.29 Å². The van der Waals surface area contributed by atoms with Crippen molar-refractivity contribution in [3.05, 3.63) is 11.1 Å². The number of aromatic nitrogens is 2. The summed E-state index contributed by atoms with van der Waals surface area (Å²) in [6.07, 6.45) is -0.472. The highest BCUT2D eigenvalue weighted by Crippen LogP contribution is 2.02. The Labute approximate surface area is 91.7 Å². The highest BCUT2D eigenvalue weighted by atomic mass is 32.1. The van der Waals surface area contributed by atoms with Gasteiger partial charge in [0.05, 0.1) is 6.04 Å². The molecule has 0 aromatic carbocycles. The summed E-state index contributed by atoms with van der Waals surface area (Å²) in [5.41, 5.74) is 0.304. The number of carbonyl (C=O) groups is 1. The van der Waals surface area contributed by atoms with Crippen LogP contribution in [-0.4, -0.2) is 42.0 Å². The van der Waals surface area contributed by atoms with E-state index in [1.165, 1.54) is 14.2 Å². The van der Waals surface area contributed by atoms with Crippen molar-refractivity contribution in [2.45, 2.75) is 19.3 Å². The largest absolute Gasteiger partial charge is 0.354 e. The SMILES string of the molecule is COC(OC)C(C)NC(=O)c1csnn1. The van der Waals surface area contributed by atoms with Crippen molar-refractivity contribution in [1.82, 2.24) is 14.9 Å². The highest BCUT2D eigenvalue weighted by Gasteiger charge is 2.19. The fourth-order valence-corrected chi connectivity index (χ4v) is 1.55. The molecule has 0 spiro atoms. The molecular formula is C8H13N3O3S. The van der Waals surface area contributed by atoms with Gasteiger partial charge in [0.15, 0.2) is 12.0 Å². The number of methoxy groups -OCH3 is 2. The van der Waals surface area contributed by atoms with E-state index in [2.05, 4.69) is 14.9 Å². The van der Waals surface area contributed by atoms with Gasteiger partial charge in [0.25, 0.3) is 5.91 Å². The van der Waals surface area contributed by atoms with Crippen LogP contribution in [0.1, 0.15) is 17.4 Å². The quantitative estimate of drug-likeness (QED) is 0.737. The van der Waals surface area contributed by atoms with Gasteiger partial charge in [-0.2, -0.15) is 0 Å². The highest BCUT2D eigenvalue weighted by molar-refractivity contribution is 7.03. The van der Waals surface area contributed by atoms with E-state index in [-0.39, 0.29) is 11.9 Å². The molecule has 15 heavy (non-hydrogen) atoms. The van der Waals surface area contributed by atoms with Crippen LogP contribution in [0.5, 0.6) is 0 Å². The van der Waals surface area contributed by atoms with Gasteiger partial charge >= 0.3 is 0 Å². The van der Waals surface area contributed by atoms with Gasteiger partial charge in [-0.05, 0) is 18.5 Å². The molecule has 0 aliphatic carbocycles. The Morgan fingerprint density at radius 1 is 1.53 bits per heavy atom. The molecule has 1 heterocycles. The van der Waals surface area contributed by atoms with Gasteiger partial charge in [-0.25, -0.2) is 0 Å². The molecule has 1 amide bonds. The van der Waals surface area contributed by atoms with Crippen molar-refractivity contribution in [2.75, 3.05) is 14.2 Å². The second-order valence-corrected chi connectivity index (χ2v) is 3.50. The fraction of sp³-hybridized carbons (Fsp3) is 0.625. The monoisotopic (exact) mass is 231 g/mol. The molecule has 0 aliphatic heterocycles. The van der Waals surface area contributed by atoms with Crippen molar-refractivity contribution < 1.29 is 14.3 Å². The Kier molecular flexibility index (Phi) is 4.60. The number of carbonyl (C=O) groups excluding carboxylic acids is 1. The summed E-state index contributed by atoms with van der Waals surface area (Å²) >= 11 is 1.13. The molecule has 1 aromatic heterocycles. The van der Waals surface area contributed by atoms with Gasteiger partial charge in [0.2, 0.25) is 0 Å². The molecule has 0 radical (unpaired) electrons. The zero-order chi connectivity index (χ0) is 11.3. The zero-order valence-electron chi connectivity index (χ0n) is 8.76. The van der Waals surface area contributed by atoms with E-state index in [1.54, 1.807) is 12.3 Å². The van der Waals surface area contributed by atoms with E-state index in [9.17, 15) is 4.79 Å². The van der Waals surface area contributed by atoms with Crippen molar-refractivity contribution in [2.24, 2.45) is 0 Å². The first kappa shape index (κ1) is 12.0. The molecule has 0 aliphatic rings. The van der Waals surface area contributed by atoms with E-state index in [0.717, 1.165) is 11.5 Å². The predicted molar refractivity (Wildman–Crippen MR) is 54.6 cm³/mol. The Hall–Kier alpha value is -1.05. The van der Waals surface area contributed by atoms with Crippen LogP contribution in [0.2, 0.25) is 0 Å². The number of ether oxygens (including phenoxy) is 2. The van der Waals surface area contributed by atoms with Crippen molar-refractivity contribution in [3.8, 4) is 0 Å². The number of rotatable bonds is 5. The summed E-state index contributed by atoms with van der Waals surface area (Å²) in [5.74, 6) is -0.282. The van der Waals surface area contributed by atoms with Gasteiger partial charge in [-0.15, -0.1) is 5.10 Å². The van der Waals surface area contributed by atoms with E-state index in [4.69, 9.17) is 9.47 Å². The maximum atomic E-state index is 11.5. The minimum Gasteiger partial charge on any atom is -0.354 e. The number of hydrogen-bond donors (Lipinski definition) is 1. The van der Waals surface area contributed by atoms with E-state index >= 15 is 0 Å². The minimum atomic E-state index is -0.472. The molecule has 1 N–H and O–H groups in total. The van der Waals surface area contributed by atoms with Crippen LogP contribution in [0.25, 0.3) is 0 Å². The third kappa shape index (κ3) is 3.22. The normalized spacial score (nSPS) is 12.8. The topological polar surface area (TPSA) is 73.3 Å². The van der Waals surface area contributed by atoms with Crippen molar-refractivity contribution in [1.29, 1.82) is 0 Å².